The fourth-order valence-electron chi connectivity index (χ4n) is 2.96. The zero-order valence-corrected chi connectivity index (χ0v) is 13.7. The molecule has 0 aliphatic heterocycles. The summed E-state index contributed by atoms with van der Waals surface area (Å²) in [5.41, 5.74) is 1.40. The van der Waals surface area contributed by atoms with E-state index >= 15 is 0 Å². The first-order valence-electron chi connectivity index (χ1n) is 8.20. The Morgan fingerprint density at radius 2 is 1.75 bits per heavy atom. The Morgan fingerprint density at radius 1 is 1.05 bits per heavy atom. The molecule has 0 heterocycles. The Balaban J connectivity index is 2.65. The molecule has 20 heavy (non-hydrogen) atoms. The molecule has 0 saturated carbocycles. The van der Waals surface area contributed by atoms with Crippen molar-refractivity contribution >= 4 is 0 Å². The normalized spacial score (nSPS) is 14.4. The van der Waals surface area contributed by atoms with Gasteiger partial charge in [-0.05, 0) is 38.4 Å². The summed E-state index contributed by atoms with van der Waals surface area (Å²) in [4.78, 5) is 2.51. The smallest absolute Gasteiger partial charge is 0.0247 e. The van der Waals surface area contributed by atoms with Gasteiger partial charge >= 0.3 is 0 Å². The van der Waals surface area contributed by atoms with Crippen LogP contribution in [0.15, 0.2) is 30.3 Å². The minimum atomic E-state index is 0.610. The number of hydrogen-bond acceptors (Lipinski definition) is 2. The number of hydrogen-bond donors (Lipinski definition) is 1. The Bertz CT molecular complexity index is 337. The fraction of sp³-hybridized carbons (Fsp3) is 0.667. The fourth-order valence-corrected chi connectivity index (χ4v) is 2.96. The topological polar surface area (TPSA) is 15.3 Å². The van der Waals surface area contributed by atoms with Gasteiger partial charge in [-0.25, -0.2) is 0 Å². The highest BCUT2D eigenvalue weighted by Crippen LogP contribution is 2.15. The van der Waals surface area contributed by atoms with E-state index < -0.39 is 0 Å². The molecule has 0 saturated heterocycles. The first kappa shape index (κ1) is 17.2. The van der Waals surface area contributed by atoms with E-state index in [1.54, 1.807) is 0 Å². The number of likely N-dealkylation sites (N-methyl/N-ethyl adjacent to an activating group) is 1. The molecule has 0 spiro atoms. The molecule has 1 aromatic carbocycles. The van der Waals surface area contributed by atoms with E-state index in [4.69, 9.17) is 0 Å². The van der Waals surface area contributed by atoms with Crippen molar-refractivity contribution in [3.63, 3.8) is 0 Å². The van der Waals surface area contributed by atoms with Crippen molar-refractivity contribution in [2.75, 3.05) is 13.6 Å². The van der Waals surface area contributed by atoms with Gasteiger partial charge in [-0.2, -0.15) is 0 Å². The molecule has 2 unspecified atom stereocenters. The standard InChI is InChI=1S/C18H32N2/c1-5-11-17(19-14-6-2)18(7-3)20(4)15-16-12-9-8-10-13-16/h8-10,12-13,17-19H,5-7,11,14-15H2,1-4H3. The Hall–Kier alpha value is -0.860. The molecule has 1 N–H and O–H groups in total. The summed E-state index contributed by atoms with van der Waals surface area (Å²) in [5.74, 6) is 0. The first-order chi connectivity index (χ1) is 9.72. The third-order valence-electron chi connectivity index (χ3n) is 3.98. The van der Waals surface area contributed by atoms with Gasteiger partial charge in [-0.1, -0.05) is 57.5 Å². The summed E-state index contributed by atoms with van der Waals surface area (Å²) in [7, 11) is 2.26. The second-order valence-electron chi connectivity index (χ2n) is 5.73. The third kappa shape index (κ3) is 5.64. The third-order valence-corrected chi connectivity index (χ3v) is 3.98. The maximum absolute atomic E-state index is 3.75. The zero-order chi connectivity index (χ0) is 14.8. The van der Waals surface area contributed by atoms with Gasteiger partial charge in [-0.15, -0.1) is 0 Å². The van der Waals surface area contributed by atoms with E-state index in [0.717, 1.165) is 13.1 Å². The van der Waals surface area contributed by atoms with E-state index in [1.165, 1.54) is 31.2 Å². The predicted molar refractivity (Wildman–Crippen MR) is 89.0 cm³/mol. The average Bonchev–Trinajstić information content (AvgIpc) is 2.46. The van der Waals surface area contributed by atoms with Crippen molar-refractivity contribution in [2.24, 2.45) is 0 Å². The largest absolute Gasteiger partial charge is 0.312 e. The van der Waals surface area contributed by atoms with Crippen molar-refractivity contribution < 1.29 is 0 Å². The summed E-state index contributed by atoms with van der Waals surface area (Å²) < 4.78 is 0. The monoisotopic (exact) mass is 276 g/mol. The molecule has 2 nitrogen and oxygen atoms in total. The lowest BCUT2D eigenvalue weighted by atomic mass is 9.98. The maximum Gasteiger partial charge on any atom is 0.0247 e. The van der Waals surface area contributed by atoms with Crippen molar-refractivity contribution in [3.8, 4) is 0 Å². The minimum absolute atomic E-state index is 0.610. The maximum atomic E-state index is 3.75. The second kappa shape index (κ2) is 9.95. The van der Waals surface area contributed by atoms with Gasteiger partial charge in [0.25, 0.3) is 0 Å². The summed E-state index contributed by atoms with van der Waals surface area (Å²) in [6, 6.07) is 12.0. The summed E-state index contributed by atoms with van der Waals surface area (Å²) in [5, 5.41) is 3.75. The summed E-state index contributed by atoms with van der Waals surface area (Å²) >= 11 is 0. The van der Waals surface area contributed by atoms with Crippen LogP contribution in [0.2, 0.25) is 0 Å². The van der Waals surface area contributed by atoms with Gasteiger partial charge in [0, 0.05) is 18.6 Å². The van der Waals surface area contributed by atoms with Crippen LogP contribution in [-0.4, -0.2) is 30.6 Å². The van der Waals surface area contributed by atoms with Gasteiger partial charge < -0.3 is 5.32 Å². The molecule has 0 fully saturated rings. The highest BCUT2D eigenvalue weighted by atomic mass is 15.2. The average molecular weight is 276 g/mol. The highest BCUT2D eigenvalue weighted by molar-refractivity contribution is 5.14. The second-order valence-corrected chi connectivity index (χ2v) is 5.73. The van der Waals surface area contributed by atoms with Crippen molar-refractivity contribution in [1.29, 1.82) is 0 Å². The van der Waals surface area contributed by atoms with Gasteiger partial charge in [0.05, 0.1) is 0 Å². The molecule has 0 bridgehead atoms. The zero-order valence-electron chi connectivity index (χ0n) is 13.7. The van der Waals surface area contributed by atoms with Crippen LogP contribution in [0.25, 0.3) is 0 Å². The van der Waals surface area contributed by atoms with Crippen molar-refractivity contribution in [1.82, 2.24) is 10.2 Å². The summed E-state index contributed by atoms with van der Waals surface area (Å²) in [6.45, 7) is 8.99. The molecular weight excluding hydrogens is 244 g/mol. The number of nitrogens with one attached hydrogen (secondary N) is 1. The molecule has 2 heteroatoms. The quantitative estimate of drug-likeness (QED) is 0.693. The van der Waals surface area contributed by atoms with Crippen molar-refractivity contribution in [2.45, 2.75) is 65.1 Å². The van der Waals surface area contributed by atoms with Crippen molar-refractivity contribution in [3.05, 3.63) is 35.9 Å². The van der Waals surface area contributed by atoms with Gasteiger partial charge in [-0.3, -0.25) is 4.90 Å². The Labute approximate surface area is 125 Å². The number of nitrogens with zero attached hydrogens (tertiary/aromatic N) is 1. The van der Waals surface area contributed by atoms with Crippen LogP contribution in [0.1, 0.15) is 52.0 Å². The molecule has 1 aromatic rings. The van der Waals surface area contributed by atoms with E-state index in [1.807, 2.05) is 0 Å². The van der Waals surface area contributed by atoms with Gasteiger partial charge in [0.1, 0.15) is 0 Å². The molecule has 0 aromatic heterocycles. The number of benzene rings is 1. The van der Waals surface area contributed by atoms with Crippen LogP contribution in [0.4, 0.5) is 0 Å². The summed E-state index contributed by atoms with van der Waals surface area (Å²) in [6.07, 6.45) is 4.92. The predicted octanol–water partition coefficient (Wildman–Crippen LogP) is 4.07. The minimum Gasteiger partial charge on any atom is -0.312 e. The van der Waals surface area contributed by atoms with Crippen LogP contribution in [-0.2, 0) is 6.54 Å². The van der Waals surface area contributed by atoms with E-state index in [-0.39, 0.29) is 0 Å². The van der Waals surface area contributed by atoms with E-state index in [0.29, 0.717) is 12.1 Å². The molecule has 114 valence electrons. The highest BCUT2D eigenvalue weighted by Gasteiger charge is 2.22. The molecular formula is C18H32N2. The van der Waals surface area contributed by atoms with Gasteiger partial charge in [0.2, 0.25) is 0 Å². The lowest BCUT2D eigenvalue weighted by Gasteiger charge is -2.35. The van der Waals surface area contributed by atoms with Gasteiger partial charge in [0.15, 0.2) is 0 Å². The number of rotatable bonds is 10. The van der Waals surface area contributed by atoms with E-state index in [9.17, 15) is 0 Å². The van der Waals surface area contributed by atoms with Crippen LogP contribution in [0.5, 0.6) is 0 Å². The molecule has 0 radical (unpaired) electrons. The van der Waals surface area contributed by atoms with Crippen LogP contribution >= 0.6 is 0 Å². The molecule has 0 amide bonds. The lowest BCUT2D eigenvalue weighted by Crippen LogP contribution is -2.48. The van der Waals surface area contributed by atoms with Crippen LogP contribution in [0.3, 0.4) is 0 Å². The lowest BCUT2D eigenvalue weighted by molar-refractivity contribution is 0.172. The van der Waals surface area contributed by atoms with E-state index in [2.05, 4.69) is 68.4 Å². The Kier molecular flexibility index (Phi) is 8.56. The SMILES string of the molecule is CCCNC(CCC)C(CC)N(C)Cc1ccccc1. The van der Waals surface area contributed by atoms with Crippen LogP contribution in [0, 0.1) is 0 Å². The first-order valence-corrected chi connectivity index (χ1v) is 8.20. The van der Waals surface area contributed by atoms with Crippen LogP contribution < -0.4 is 5.32 Å². The molecule has 2 atom stereocenters. The Morgan fingerprint density at radius 3 is 2.30 bits per heavy atom. The molecule has 1 rings (SSSR count). The molecule has 0 aliphatic carbocycles. The molecule has 0 aliphatic rings.